The van der Waals surface area contributed by atoms with Crippen LogP contribution in [0.3, 0.4) is 0 Å². The van der Waals surface area contributed by atoms with Gasteiger partial charge in [0.15, 0.2) is 6.61 Å². The Morgan fingerprint density at radius 3 is 2.96 bits per heavy atom. The van der Waals surface area contributed by atoms with Gasteiger partial charge in [-0.3, -0.25) is 9.59 Å². The van der Waals surface area contributed by atoms with Crippen molar-refractivity contribution < 1.29 is 14.3 Å². The van der Waals surface area contributed by atoms with Crippen LogP contribution in [0.4, 0.5) is 5.69 Å². The molecule has 0 spiro atoms. The van der Waals surface area contributed by atoms with Crippen LogP contribution >= 0.6 is 0 Å². The van der Waals surface area contributed by atoms with E-state index in [4.69, 9.17) is 4.74 Å². The Morgan fingerprint density at radius 2 is 2.08 bits per heavy atom. The molecule has 2 aliphatic rings. The number of carbonyl (C=O) groups is 2. The molecule has 0 saturated heterocycles. The number of nitrogens with one attached hydrogen (secondary N) is 2. The number of benzene rings is 2. The van der Waals surface area contributed by atoms with E-state index in [1.54, 1.807) is 18.2 Å². The molecule has 0 radical (unpaired) electrons. The highest BCUT2D eigenvalue weighted by atomic mass is 16.5. The maximum atomic E-state index is 12.9. The minimum Gasteiger partial charge on any atom is -0.482 e. The normalized spacial score (nSPS) is 21.5. The number of ether oxygens (including phenoxy) is 1. The molecule has 2 aromatic rings. The van der Waals surface area contributed by atoms with E-state index >= 15 is 0 Å². The fourth-order valence-corrected chi connectivity index (χ4v) is 3.82. The highest BCUT2D eigenvalue weighted by molar-refractivity contribution is 6.00. The smallest absolute Gasteiger partial charge is 0.262 e. The van der Waals surface area contributed by atoms with Crippen LogP contribution in [0.1, 0.15) is 47.3 Å². The predicted molar refractivity (Wildman–Crippen MR) is 99.3 cm³/mol. The largest absolute Gasteiger partial charge is 0.482 e. The van der Waals surface area contributed by atoms with Gasteiger partial charge in [0.1, 0.15) is 5.75 Å². The summed E-state index contributed by atoms with van der Waals surface area (Å²) in [5, 5.41) is 5.96. The number of anilines is 1. The molecule has 2 aromatic carbocycles. The molecule has 5 heteroatoms. The fraction of sp³-hybridized carbons (Fsp3) is 0.333. The molecular formula is C21H22N2O3. The van der Waals surface area contributed by atoms with Gasteiger partial charge in [-0.15, -0.1) is 0 Å². The molecule has 0 unspecified atom stereocenters. The Balaban J connectivity index is 1.60. The average Bonchev–Trinajstić information content (AvgIpc) is 2.80. The molecule has 26 heavy (non-hydrogen) atoms. The second kappa shape index (κ2) is 6.83. The summed E-state index contributed by atoms with van der Waals surface area (Å²) in [7, 11) is 0. The summed E-state index contributed by atoms with van der Waals surface area (Å²) < 4.78 is 5.36. The summed E-state index contributed by atoms with van der Waals surface area (Å²) in [5.41, 5.74) is 3.58. The molecule has 1 heterocycles. The lowest BCUT2D eigenvalue weighted by atomic mass is 9.92. The van der Waals surface area contributed by atoms with Crippen molar-refractivity contribution in [2.75, 3.05) is 11.9 Å². The van der Waals surface area contributed by atoms with Gasteiger partial charge in [0.25, 0.3) is 11.8 Å². The van der Waals surface area contributed by atoms with Crippen LogP contribution in [-0.4, -0.2) is 18.4 Å². The van der Waals surface area contributed by atoms with Crippen molar-refractivity contribution in [2.45, 2.75) is 32.2 Å². The summed E-state index contributed by atoms with van der Waals surface area (Å²) in [6, 6.07) is 13.5. The summed E-state index contributed by atoms with van der Waals surface area (Å²) in [6.45, 7) is 2.20. The van der Waals surface area contributed by atoms with Crippen molar-refractivity contribution in [2.24, 2.45) is 5.92 Å². The molecule has 1 aliphatic heterocycles. The number of fused-ring (bicyclic) bond motifs is 2. The molecule has 0 fully saturated rings. The van der Waals surface area contributed by atoms with E-state index in [-0.39, 0.29) is 24.5 Å². The van der Waals surface area contributed by atoms with Crippen molar-refractivity contribution >= 4 is 17.5 Å². The van der Waals surface area contributed by atoms with Gasteiger partial charge >= 0.3 is 0 Å². The number of aryl methyl sites for hydroxylation is 1. The molecule has 2 N–H and O–H groups in total. The van der Waals surface area contributed by atoms with Crippen LogP contribution < -0.4 is 15.4 Å². The zero-order valence-electron chi connectivity index (χ0n) is 14.7. The van der Waals surface area contributed by atoms with Crippen LogP contribution in [0.2, 0.25) is 0 Å². The monoisotopic (exact) mass is 350 g/mol. The van der Waals surface area contributed by atoms with Gasteiger partial charge in [-0.2, -0.15) is 0 Å². The highest BCUT2D eigenvalue weighted by Gasteiger charge is 2.27. The van der Waals surface area contributed by atoms with E-state index in [9.17, 15) is 9.59 Å². The van der Waals surface area contributed by atoms with E-state index in [2.05, 4.69) is 35.8 Å². The highest BCUT2D eigenvalue weighted by Crippen LogP contribution is 2.34. The maximum Gasteiger partial charge on any atom is 0.262 e. The fourth-order valence-electron chi connectivity index (χ4n) is 3.82. The minimum absolute atomic E-state index is 0.00885. The third-order valence-electron chi connectivity index (χ3n) is 5.23. The molecule has 134 valence electrons. The van der Waals surface area contributed by atoms with Crippen molar-refractivity contribution in [3.63, 3.8) is 0 Å². The quantitative estimate of drug-likeness (QED) is 0.815. The number of hydrogen-bond acceptors (Lipinski definition) is 3. The molecule has 5 nitrogen and oxygen atoms in total. The summed E-state index contributed by atoms with van der Waals surface area (Å²) in [5.74, 6) is 0.611. The van der Waals surface area contributed by atoms with Crippen molar-refractivity contribution in [3.8, 4) is 5.75 Å². The first-order valence-electron chi connectivity index (χ1n) is 9.07. The van der Waals surface area contributed by atoms with E-state index in [0.29, 0.717) is 22.9 Å². The molecule has 0 bridgehead atoms. The minimum atomic E-state index is -0.207. The van der Waals surface area contributed by atoms with Gasteiger partial charge in [0.2, 0.25) is 0 Å². The van der Waals surface area contributed by atoms with E-state index in [0.717, 1.165) is 19.3 Å². The number of hydrogen-bond donors (Lipinski definition) is 2. The first-order valence-corrected chi connectivity index (χ1v) is 9.07. The molecule has 1 aliphatic carbocycles. The van der Waals surface area contributed by atoms with Gasteiger partial charge in [-0.1, -0.05) is 31.2 Å². The number of amides is 2. The maximum absolute atomic E-state index is 12.9. The van der Waals surface area contributed by atoms with Crippen molar-refractivity contribution in [1.82, 2.24) is 5.32 Å². The van der Waals surface area contributed by atoms with Crippen molar-refractivity contribution in [3.05, 3.63) is 59.2 Å². The molecular weight excluding hydrogens is 328 g/mol. The van der Waals surface area contributed by atoms with Crippen LogP contribution in [-0.2, 0) is 11.2 Å². The summed E-state index contributed by atoms with van der Waals surface area (Å²) in [4.78, 5) is 24.4. The SMILES string of the molecule is C[C@@H]1CCCc2ccccc2[C@H]1NC(=O)c1ccc2c(c1)NC(=O)CO2. The first-order chi connectivity index (χ1) is 12.6. The van der Waals surface area contributed by atoms with Crippen molar-refractivity contribution in [1.29, 1.82) is 0 Å². The average molecular weight is 350 g/mol. The van der Waals surface area contributed by atoms with E-state index in [1.807, 2.05) is 6.07 Å². The van der Waals surface area contributed by atoms with Gasteiger partial charge in [-0.05, 0) is 54.5 Å². The van der Waals surface area contributed by atoms with Crippen LogP contribution in [0.15, 0.2) is 42.5 Å². The van der Waals surface area contributed by atoms with Gasteiger partial charge in [0.05, 0.1) is 11.7 Å². The number of carbonyl (C=O) groups excluding carboxylic acids is 2. The Morgan fingerprint density at radius 1 is 1.23 bits per heavy atom. The molecule has 0 saturated carbocycles. The summed E-state index contributed by atoms with van der Waals surface area (Å²) >= 11 is 0. The zero-order valence-corrected chi connectivity index (χ0v) is 14.7. The Hall–Kier alpha value is -2.82. The molecule has 0 aromatic heterocycles. The van der Waals surface area contributed by atoms with Gasteiger partial charge in [0, 0.05) is 5.56 Å². The number of rotatable bonds is 2. The lowest BCUT2D eigenvalue weighted by Gasteiger charge is -2.25. The lowest BCUT2D eigenvalue weighted by molar-refractivity contribution is -0.118. The summed E-state index contributed by atoms with van der Waals surface area (Å²) in [6.07, 6.45) is 3.26. The van der Waals surface area contributed by atoms with Gasteiger partial charge < -0.3 is 15.4 Å². The van der Waals surface area contributed by atoms with Gasteiger partial charge in [-0.25, -0.2) is 0 Å². The Kier molecular flexibility index (Phi) is 4.37. The first kappa shape index (κ1) is 16.6. The third-order valence-corrected chi connectivity index (χ3v) is 5.23. The zero-order chi connectivity index (χ0) is 18.1. The molecule has 4 rings (SSSR count). The predicted octanol–water partition coefficient (Wildman–Crippen LogP) is 3.46. The topological polar surface area (TPSA) is 67.4 Å². The molecule has 2 atom stereocenters. The Bertz CT molecular complexity index is 862. The van der Waals surface area contributed by atoms with E-state index in [1.165, 1.54) is 11.1 Å². The van der Waals surface area contributed by atoms with Crippen LogP contribution in [0.25, 0.3) is 0 Å². The standard InChI is InChI=1S/C21H22N2O3/c1-13-5-4-7-14-6-2-3-8-16(14)20(13)23-21(25)15-9-10-18-17(11-15)22-19(24)12-26-18/h2-3,6,8-11,13,20H,4-5,7,12H2,1H3,(H,22,24)(H,23,25)/t13-,20+/m1/s1. The second-order valence-corrected chi connectivity index (χ2v) is 7.07. The van der Waals surface area contributed by atoms with E-state index < -0.39 is 0 Å². The second-order valence-electron chi connectivity index (χ2n) is 7.07. The third kappa shape index (κ3) is 3.17. The van der Waals surface area contributed by atoms with Crippen LogP contribution in [0.5, 0.6) is 5.75 Å². The molecule has 2 amide bonds. The Labute approximate surface area is 152 Å². The lowest BCUT2D eigenvalue weighted by Crippen LogP contribution is -2.33. The van der Waals surface area contributed by atoms with Crippen LogP contribution in [0, 0.1) is 5.92 Å².